The maximum absolute atomic E-state index is 6.54. The normalized spacial score (nSPS) is 11.9. The first-order chi connectivity index (χ1) is 28.2. The first-order valence-electron chi connectivity index (χ1n) is 19.5. The van der Waals surface area contributed by atoms with E-state index >= 15 is 0 Å². The molecule has 0 spiro atoms. The fourth-order valence-corrected chi connectivity index (χ4v) is 9.14. The van der Waals surface area contributed by atoms with Crippen molar-refractivity contribution in [1.82, 2.24) is 4.98 Å². The van der Waals surface area contributed by atoms with Gasteiger partial charge in [-0.2, -0.15) is 0 Å². The second-order valence-corrected chi connectivity index (χ2v) is 15.0. The van der Waals surface area contributed by atoms with Crippen LogP contribution in [0.3, 0.4) is 0 Å². The number of fused-ring (bicyclic) bond motifs is 8. The quantitative estimate of drug-likeness (QED) is 0.177. The molecule has 0 fully saturated rings. The molecule has 1 aliphatic carbocycles. The molecule has 2 heterocycles. The highest BCUT2D eigenvalue weighted by Crippen LogP contribution is 2.54. The van der Waals surface area contributed by atoms with Crippen LogP contribution in [0.4, 0.5) is 0 Å². The zero-order valence-electron chi connectivity index (χ0n) is 30.9. The average molecular weight is 724 g/mol. The highest BCUT2D eigenvalue weighted by atomic mass is 16.3. The molecule has 2 nitrogen and oxygen atoms in total. The van der Waals surface area contributed by atoms with Gasteiger partial charge in [-0.15, -0.1) is 0 Å². The molecular formula is C55H33NO. The van der Waals surface area contributed by atoms with Crippen LogP contribution in [0, 0.1) is 0 Å². The van der Waals surface area contributed by atoms with Crippen molar-refractivity contribution in [2.45, 2.75) is 0 Å². The summed E-state index contributed by atoms with van der Waals surface area (Å²) >= 11 is 0. The van der Waals surface area contributed by atoms with Crippen molar-refractivity contribution in [2.75, 3.05) is 0 Å². The number of hydrogen-bond acceptors (Lipinski definition) is 2. The van der Waals surface area contributed by atoms with E-state index in [0.29, 0.717) is 0 Å². The smallest absolute Gasteiger partial charge is 0.143 e. The minimum atomic E-state index is 0.914. The molecule has 0 saturated carbocycles. The zero-order chi connectivity index (χ0) is 37.5. The SMILES string of the molecule is c1ccc(-c2ccccc2-c2cc(-c3cccc4c3-c3cc5c6ccccc6oc5c5cccc-4c35)cc(-c3ccc(-c4ccc5ccccc5c4)cc3)n2)cc1. The number of furan rings is 1. The van der Waals surface area contributed by atoms with E-state index in [-0.39, 0.29) is 0 Å². The lowest BCUT2D eigenvalue weighted by atomic mass is 9.90. The van der Waals surface area contributed by atoms with Gasteiger partial charge < -0.3 is 4.42 Å². The van der Waals surface area contributed by atoms with Gasteiger partial charge >= 0.3 is 0 Å². The van der Waals surface area contributed by atoms with Crippen LogP contribution in [-0.4, -0.2) is 4.98 Å². The van der Waals surface area contributed by atoms with Crippen molar-refractivity contribution in [3.63, 3.8) is 0 Å². The lowest BCUT2D eigenvalue weighted by Crippen LogP contribution is -1.94. The number of benzene rings is 9. The standard InChI is InChI=1S/C55H33NO/c1-2-13-36(14-3-1)41-16-6-7-17-43(41)51-32-40(31-50(56-51)37-27-24-35(25-28-37)39-29-26-34-12-4-5-15-38(34)30-39)42-19-10-20-45-46-21-11-22-47-54(46)49(53(42)45)33-48-44-18-8-9-23-52(44)57-55(47)48/h1-33H. The Morgan fingerprint density at radius 1 is 0.316 bits per heavy atom. The van der Waals surface area contributed by atoms with Crippen molar-refractivity contribution in [1.29, 1.82) is 0 Å². The topological polar surface area (TPSA) is 26.0 Å². The maximum Gasteiger partial charge on any atom is 0.143 e. The molecule has 1 aliphatic rings. The molecule has 0 unspecified atom stereocenters. The highest BCUT2D eigenvalue weighted by molar-refractivity contribution is 6.27. The Labute approximate surface area is 330 Å². The molecule has 0 aliphatic heterocycles. The van der Waals surface area contributed by atoms with Crippen molar-refractivity contribution in [3.05, 3.63) is 200 Å². The van der Waals surface area contributed by atoms with Gasteiger partial charge in [-0.25, -0.2) is 4.98 Å². The summed E-state index contributed by atoms with van der Waals surface area (Å²) in [6.45, 7) is 0. The Bertz CT molecular complexity index is 3390. The molecule has 264 valence electrons. The van der Waals surface area contributed by atoms with Gasteiger partial charge in [0.1, 0.15) is 11.2 Å². The predicted octanol–water partition coefficient (Wildman–Crippen LogP) is 15.3. The second kappa shape index (κ2) is 12.5. The van der Waals surface area contributed by atoms with Gasteiger partial charge in [0.05, 0.1) is 11.4 Å². The van der Waals surface area contributed by atoms with E-state index in [1.807, 2.05) is 6.07 Å². The second-order valence-electron chi connectivity index (χ2n) is 15.0. The molecule has 2 heteroatoms. The van der Waals surface area contributed by atoms with Crippen molar-refractivity contribution in [3.8, 4) is 78.1 Å². The molecule has 0 atom stereocenters. The van der Waals surface area contributed by atoms with Crippen molar-refractivity contribution < 1.29 is 4.42 Å². The highest BCUT2D eigenvalue weighted by Gasteiger charge is 2.28. The molecule has 0 bridgehead atoms. The van der Waals surface area contributed by atoms with Crippen LogP contribution in [0.15, 0.2) is 205 Å². The summed E-state index contributed by atoms with van der Waals surface area (Å²) in [7, 11) is 0. The summed E-state index contributed by atoms with van der Waals surface area (Å²) < 4.78 is 6.54. The molecule has 9 aromatic carbocycles. The maximum atomic E-state index is 6.54. The molecule has 12 rings (SSSR count). The van der Waals surface area contributed by atoms with Gasteiger partial charge in [0.25, 0.3) is 0 Å². The third kappa shape index (κ3) is 5.01. The molecule has 2 aromatic heterocycles. The summed E-state index contributed by atoms with van der Waals surface area (Å²) in [6, 6.07) is 72.1. The van der Waals surface area contributed by atoms with Crippen LogP contribution in [0.25, 0.3) is 122 Å². The molecule has 0 saturated heterocycles. The minimum absolute atomic E-state index is 0.914. The number of nitrogens with zero attached hydrogens (tertiary/aromatic N) is 1. The van der Waals surface area contributed by atoms with E-state index in [4.69, 9.17) is 9.40 Å². The Kier molecular flexibility index (Phi) is 6.96. The van der Waals surface area contributed by atoms with E-state index in [1.165, 1.54) is 60.7 Å². The van der Waals surface area contributed by atoms with Gasteiger partial charge in [-0.3, -0.25) is 0 Å². The van der Waals surface area contributed by atoms with Crippen LogP contribution >= 0.6 is 0 Å². The summed E-state index contributed by atoms with van der Waals surface area (Å²) in [6.07, 6.45) is 0. The first kappa shape index (κ1) is 31.8. The van der Waals surface area contributed by atoms with Crippen LogP contribution < -0.4 is 0 Å². The van der Waals surface area contributed by atoms with E-state index < -0.39 is 0 Å². The van der Waals surface area contributed by atoms with Crippen LogP contribution in [0.5, 0.6) is 0 Å². The third-order valence-electron chi connectivity index (χ3n) is 11.8. The van der Waals surface area contributed by atoms with Crippen molar-refractivity contribution in [2.24, 2.45) is 0 Å². The molecule has 57 heavy (non-hydrogen) atoms. The number of hydrogen-bond donors (Lipinski definition) is 0. The van der Waals surface area contributed by atoms with E-state index in [0.717, 1.165) is 61.0 Å². The number of para-hydroxylation sites is 1. The monoisotopic (exact) mass is 723 g/mol. The van der Waals surface area contributed by atoms with E-state index in [2.05, 4.69) is 194 Å². The minimum Gasteiger partial charge on any atom is -0.455 e. The molecule has 0 radical (unpaired) electrons. The van der Waals surface area contributed by atoms with Gasteiger partial charge in [-0.05, 0) is 96.7 Å². The molecule has 0 N–H and O–H groups in total. The van der Waals surface area contributed by atoms with Gasteiger partial charge in [0, 0.05) is 32.7 Å². The zero-order valence-corrected chi connectivity index (χ0v) is 30.9. The first-order valence-corrected chi connectivity index (χ1v) is 19.5. The van der Waals surface area contributed by atoms with Crippen LogP contribution in [0.1, 0.15) is 0 Å². The van der Waals surface area contributed by atoms with Gasteiger partial charge in [0.2, 0.25) is 0 Å². The number of aromatic nitrogens is 1. The summed E-state index contributed by atoms with van der Waals surface area (Å²) in [5.74, 6) is 0. The Morgan fingerprint density at radius 2 is 0.965 bits per heavy atom. The lowest BCUT2D eigenvalue weighted by Gasteiger charge is -2.16. The van der Waals surface area contributed by atoms with Crippen LogP contribution in [-0.2, 0) is 0 Å². The number of pyridine rings is 1. The molecule has 0 amide bonds. The Morgan fingerprint density at radius 3 is 1.86 bits per heavy atom. The molecule has 11 aromatic rings. The Hall–Kier alpha value is -7.55. The lowest BCUT2D eigenvalue weighted by molar-refractivity contribution is 0.672. The van der Waals surface area contributed by atoms with Gasteiger partial charge in [0.15, 0.2) is 0 Å². The average Bonchev–Trinajstić information content (AvgIpc) is 3.83. The van der Waals surface area contributed by atoms with E-state index in [9.17, 15) is 0 Å². The fraction of sp³-hybridized carbons (Fsp3) is 0. The predicted molar refractivity (Wildman–Crippen MR) is 238 cm³/mol. The Balaban J connectivity index is 1.07. The largest absolute Gasteiger partial charge is 0.455 e. The van der Waals surface area contributed by atoms with E-state index in [1.54, 1.807) is 0 Å². The summed E-state index contributed by atoms with van der Waals surface area (Å²) in [4.78, 5) is 5.46. The van der Waals surface area contributed by atoms with Crippen LogP contribution in [0.2, 0.25) is 0 Å². The molecular weight excluding hydrogens is 691 g/mol. The summed E-state index contributed by atoms with van der Waals surface area (Å²) in [5.41, 5.74) is 17.9. The van der Waals surface area contributed by atoms with Crippen molar-refractivity contribution >= 4 is 43.5 Å². The fourth-order valence-electron chi connectivity index (χ4n) is 9.14. The third-order valence-corrected chi connectivity index (χ3v) is 11.8. The van der Waals surface area contributed by atoms with Gasteiger partial charge in [-0.1, -0.05) is 170 Å². The summed E-state index contributed by atoms with van der Waals surface area (Å²) in [5, 5.41) is 7.17. The number of rotatable bonds is 5.